The highest BCUT2D eigenvalue weighted by atomic mass is 16.5. The molecule has 0 saturated carbocycles. The van der Waals surface area contributed by atoms with Crippen molar-refractivity contribution in [3.05, 3.63) is 35.1 Å². The van der Waals surface area contributed by atoms with E-state index in [0.29, 0.717) is 12.2 Å². The highest BCUT2D eigenvalue weighted by molar-refractivity contribution is 5.95. The van der Waals surface area contributed by atoms with E-state index in [9.17, 15) is 4.79 Å². The van der Waals surface area contributed by atoms with E-state index >= 15 is 0 Å². The van der Waals surface area contributed by atoms with E-state index in [4.69, 9.17) is 13.9 Å². The summed E-state index contributed by atoms with van der Waals surface area (Å²) in [5, 5.41) is 0.887. The van der Waals surface area contributed by atoms with Gasteiger partial charge in [-0.25, -0.2) is 4.79 Å². The minimum Gasteiger partial charge on any atom is -0.465 e. The number of furan rings is 1. The van der Waals surface area contributed by atoms with Crippen LogP contribution in [0.1, 0.15) is 21.7 Å². The van der Waals surface area contributed by atoms with Crippen LogP contribution in [0.15, 0.2) is 22.6 Å². The van der Waals surface area contributed by atoms with Crippen molar-refractivity contribution in [2.24, 2.45) is 0 Å². The van der Waals surface area contributed by atoms with Crippen molar-refractivity contribution in [1.82, 2.24) is 0 Å². The largest absolute Gasteiger partial charge is 0.465 e. The predicted octanol–water partition coefficient (Wildman–Crippen LogP) is 2.67. The first-order valence-electron chi connectivity index (χ1n) is 5.26. The van der Waals surface area contributed by atoms with E-state index < -0.39 is 0 Å². The lowest BCUT2D eigenvalue weighted by Crippen LogP contribution is -2.01. The quantitative estimate of drug-likeness (QED) is 0.766. The number of fused-ring (bicyclic) bond motifs is 1. The number of methoxy groups -OCH3 is 2. The highest BCUT2D eigenvalue weighted by Crippen LogP contribution is 2.25. The molecule has 4 heteroatoms. The molecule has 1 heterocycles. The monoisotopic (exact) mass is 234 g/mol. The van der Waals surface area contributed by atoms with Crippen LogP contribution < -0.4 is 0 Å². The molecule has 1 aromatic carbocycles. The molecular weight excluding hydrogens is 220 g/mol. The maximum atomic E-state index is 11.5. The second-order valence-electron chi connectivity index (χ2n) is 3.85. The fourth-order valence-corrected chi connectivity index (χ4v) is 1.83. The summed E-state index contributed by atoms with van der Waals surface area (Å²) in [6.07, 6.45) is 0. The van der Waals surface area contributed by atoms with Crippen LogP contribution in [0.5, 0.6) is 0 Å². The normalized spacial score (nSPS) is 10.8. The second kappa shape index (κ2) is 4.59. The fraction of sp³-hybridized carbons (Fsp3) is 0.308. The zero-order valence-electron chi connectivity index (χ0n) is 10.1. The summed E-state index contributed by atoms with van der Waals surface area (Å²) in [6.45, 7) is 2.32. The third-order valence-electron chi connectivity index (χ3n) is 2.56. The molecule has 1 aromatic heterocycles. The van der Waals surface area contributed by atoms with Gasteiger partial charge in [0.1, 0.15) is 18.0 Å². The Hall–Kier alpha value is -1.81. The maximum absolute atomic E-state index is 11.5. The second-order valence-corrected chi connectivity index (χ2v) is 3.85. The topological polar surface area (TPSA) is 48.7 Å². The summed E-state index contributed by atoms with van der Waals surface area (Å²) >= 11 is 0. The molecule has 4 nitrogen and oxygen atoms in total. The third-order valence-corrected chi connectivity index (χ3v) is 2.56. The van der Waals surface area contributed by atoms with Crippen molar-refractivity contribution in [3.8, 4) is 0 Å². The van der Waals surface area contributed by atoms with E-state index in [1.807, 2.05) is 13.0 Å². The lowest BCUT2D eigenvalue weighted by Gasteiger charge is -2.01. The Balaban J connectivity index is 2.53. The van der Waals surface area contributed by atoms with Gasteiger partial charge >= 0.3 is 5.97 Å². The van der Waals surface area contributed by atoms with Crippen LogP contribution in [-0.4, -0.2) is 20.2 Å². The van der Waals surface area contributed by atoms with Crippen LogP contribution >= 0.6 is 0 Å². The van der Waals surface area contributed by atoms with Gasteiger partial charge in [-0.2, -0.15) is 0 Å². The zero-order chi connectivity index (χ0) is 12.4. The molecule has 0 radical (unpaired) electrons. The Labute approximate surface area is 99.1 Å². The minimum absolute atomic E-state index is 0.343. The number of carbonyl (C=O) groups is 1. The molecule has 0 bridgehead atoms. The summed E-state index contributed by atoms with van der Waals surface area (Å²) in [4.78, 5) is 11.5. The van der Waals surface area contributed by atoms with E-state index in [0.717, 1.165) is 22.3 Å². The van der Waals surface area contributed by atoms with Gasteiger partial charge < -0.3 is 13.9 Å². The third kappa shape index (κ3) is 2.17. The van der Waals surface area contributed by atoms with Gasteiger partial charge in [-0.15, -0.1) is 0 Å². The van der Waals surface area contributed by atoms with Crippen molar-refractivity contribution in [3.63, 3.8) is 0 Å². The molecule has 0 saturated heterocycles. The van der Waals surface area contributed by atoms with Crippen LogP contribution in [0, 0.1) is 6.92 Å². The Morgan fingerprint density at radius 2 is 2.06 bits per heavy atom. The van der Waals surface area contributed by atoms with Gasteiger partial charge in [0.15, 0.2) is 0 Å². The van der Waals surface area contributed by atoms with Gasteiger partial charge in [0.05, 0.1) is 12.7 Å². The Morgan fingerprint density at radius 1 is 1.29 bits per heavy atom. The fourth-order valence-electron chi connectivity index (χ4n) is 1.83. The van der Waals surface area contributed by atoms with Crippen molar-refractivity contribution in [2.45, 2.75) is 13.5 Å². The number of ether oxygens (including phenoxy) is 2. The molecule has 0 aliphatic rings. The molecule has 2 aromatic rings. The minimum atomic E-state index is -0.343. The first-order valence-corrected chi connectivity index (χ1v) is 5.26. The Bertz CT molecular complexity index is 554. The van der Waals surface area contributed by atoms with Gasteiger partial charge in [-0.05, 0) is 30.7 Å². The number of benzene rings is 1. The zero-order valence-corrected chi connectivity index (χ0v) is 10.1. The van der Waals surface area contributed by atoms with Crippen LogP contribution in [0.25, 0.3) is 11.0 Å². The number of rotatable bonds is 3. The van der Waals surface area contributed by atoms with Gasteiger partial charge in [-0.1, -0.05) is 0 Å². The van der Waals surface area contributed by atoms with Crippen LogP contribution in [0.4, 0.5) is 0 Å². The molecular formula is C13H14O4. The lowest BCUT2D eigenvalue weighted by atomic mass is 10.1. The van der Waals surface area contributed by atoms with E-state index in [1.54, 1.807) is 19.2 Å². The molecule has 0 N–H and O–H groups in total. The Kier molecular flexibility index (Phi) is 3.15. The lowest BCUT2D eigenvalue weighted by molar-refractivity contribution is 0.0601. The highest BCUT2D eigenvalue weighted by Gasteiger charge is 2.12. The number of aryl methyl sites for hydroxylation is 1. The van der Waals surface area contributed by atoms with Crippen LogP contribution in [0.3, 0.4) is 0 Å². The number of hydrogen-bond acceptors (Lipinski definition) is 4. The van der Waals surface area contributed by atoms with Crippen LogP contribution in [0.2, 0.25) is 0 Å². The Morgan fingerprint density at radius 3 is 2.71 bits per heavy atom. The molecule has 0 amide bonds. The van der Waals surface area contributed by atoms with Crippen molar-refractivity contribution in [2.75, 3.05) is 14.2 Å². The van der Waals surface area contributed by atoms with E-state index in [2.05, 4.69) is 0 Å². The van der Waals surface area contributed by atoms with Crippen molar-refractivity contribution < 1.29 is 18.7 Å². The number of esters is 1. The van der Waals surface area contributed by atoms with Crippen molar-refractivity contribution in [1.29, 1.82) is 0 Å². The smallest absolute Gasteiger partial charge is 0.337 e. The first kappa shape index (κ1) is 11.7. The van der Waals surface area contributed by atoms with Gasteiger partial charge in [-0.3, -0.25) is 0 Å². The van der Waals surface area contributed by atoms with E-state index in [-0.39, 0.29) is 5.97 Å². The molecule has 0 aliphatic heterocycles. The molecule has 0 unspecified atom stereocenters. The maximum Gasteiger partial charge on any atom is 0.337 e. The summed E-state index contributed by atoms with van der Waals surface area (Å²) in [5.41, 5.74) is 2.22. The molecule has 0 aliphatic carbocycles. The molecule has 0 fully saturated rings. The summed E-state index contributed by atoms with van der Waals surface area (Å²) in [6, 6.07) is 5.39. The average molecular weight is 234 g/mol. The summed E-state index contributed by atoms with van der Waals surface area (Å²) in [5.74, 6) is 0.400. The molecule has 0 atom stereocenters. The first-order chi connectivity index (χ1) is 8.15. The standard InChI is InChI=1S/C13H14O4/c1-8-4-10(13(14)16-3)5-9-6-11(7-15-2)17-12(8)9/h4-6H,7H2,1-3H3. The van der Waals surface area contributed by atoms with Gasteiger partial charge in [0.25, 0.3) is 0 Å². The summed E-state index contributed by atoms with van der Waals surface area (Å²) < 4.78 is 15.3. The molecule has 0 spiro atoms. The molecule has 2 rings (SSSR count). The number of hydrogen-bond donors (Lipinski definition) is 0. The van der Waals surface area contributed by atoms with Crippen molar-refractivity contribution >= 4 is 16.9 Å². The molecule has 17 heavy (non-hydrogen) atoms. The average Bonchev–Trinajstić information content (AvgIpc) is 2.71. The predicted molar refractivity (Wildman–Crippen MR) is 63.0 cm³/mol. The summed E-state index contributed by atoms with van der Waals surface area (Å²) in [7, 11) is 2.98. The van der Waals surface area contributed by atoms with E-state index in [1.165, 1.54) is 7.11 Å². The van der Waals surface area contributed by atoms with Gasteiger partial charge in [0, 0.05) is 12.5 Å². The SMILES string of the molecule is COCc1cc2cc(C(=O)OC)cc(C)c2o1. The van der Waals surface area contributed by atoms with Gasteiger partial charge in [0.2, 0.25) is 0 Å². The number of carbonyl (C=O) groups excluding carboxylic acids is 1. The molecule has 90 valence electrons. The van der Waals surface area contributed by atoms with Crippen LogP contribution in [-0.2, 0) is 16.1 Å².